The van der Waals surface area contributed by atoms with E-state index in [2.05, 4.69) is 10.3 Å². The van der Waals surface area contributed by atoms with Crippen molar-refractivity contribution in [3.05, 3.63) is 24.0 Å². The van der Waals surface area contributed by atoms with Gasteiger partial charge in [0.25, 0.3) is 5.91 Å². The average Bonchev–Trinajstić information content (AvgIpc) is 2.36. The quantitative estimate of drug-likeness (QED) is 0.682. The first-order chi connectivity index (χ1) is 9.15. The number of nitrogens with zero attached hydrogens (tertiary/aromatic N) is 1. The molecule has 0 saturated carbocycles. The number of amides is 1. The molecular weight excluding hydrogens is 306 g/mol. The fourth-order valence-electron chi connectivity index (χ4n) is 1.32. The van der Waals surface area contributed by atoms with Gasteiger partial charge in [-0.15, -0.1) is 0 Å². The summed E-state index contributed by atoms with van der Waals surface area (Å²) in [4.78, 5) is 15.1. The Morgan fingerprint density at radius 2 is 1.95 bits per heavy atom. The minimum absolute atomic E-state index is 0.0523. The first kappa shape index (κ1) is 16.5. The number of pyridine rings is 1. The van der Waals surface area contributed by atoms with Crippen molar-refractivity contribution in [3.63, 3.8) is 0 Å². The molecule has 20 heavy (non-hydrogen) atoms. The summed E-state index contributed by atoms with van der Waals surface area (Å²) in [5.41, 5.74) is -0.0523. The Morgan fingerprint density at radius 1 is 1.30 bits per heavy atom. The number of aromatic nitrogens is 1. The molecule has 10 heteroatoms. The molecule has 1 aromatic rings. The van der Waals surface area contributed by atoms with E-state index in [-0.39, 0.29) is 10.6 Å². The number of hydrogen-bond acceptors (Lipinski definition) is 6. The molecule has 0 aliphatic rings. The Morgan fingerprint density at radius 3 is 2.50 bits per heavy atom. The van der Waals surface area contributed by atoms with Crippen LogP contribution in [0.4, 0.5) is 0 Å². The number of carbonyl (C=O) groups is 1. The summed E-state index contributed by atoms with van der Waals surface area (Å²) in [6, 6.07) is 2.30. The lowest BCUT2D eigenvalue weighted by atomic mass is 10.3. The number of rotatable bonds is 6. The van der Waals surface area contributed by atoms with Gasteiger partial charge in [0.1, 0.15) is 5.69 Å². The maximum absolute atomic E-state index is 11.9. The zero-order chi connectivity index (χ0) is 15.4. The molecule has 0 aliphatic heterocycles. The molecule has 3 N–H and O–H groups in total. The fourth-order valence-corrected chi connectivity index (χ4v) is 3.93. The second-order valence-electron chi connectivity index (χ2n) is 3.92. The Bertz CT molecular complexity index is 697. The molecular formula is C10H15N3O5S2. The van der Waals surface area contributed by atoms with Crippen LogP contribution in [0.1, 0.15) is 17.4 Å². The predicted molar refractivity (Wildman–Crippen MR) is 72.3 cm³/mol. The van der Waals surface area contributed by atoms with Gasteiger partial charge in [-0.05, 0) is 19.1 Å². The van der Waals surface area contributed by atoms with Crippen LogP contribution in [0.15, 0.2) is 23.2 Å². The first-order valence-corrected chi connectivity index (χ1v) is 9.00. The summed E-state index contributed by atoms with van der Waals surface area (Å²) in [6.45, 7) is 2.09. The molecule has 0 aromatic carbocycles. The summed E-state index contributed by atoms with van der Waals surface area (Å²) >= 11 is 0. The number of primary sulfonamides is 1. The number of hydrogen-bond donors (Lipinski definition) is 2. The number of carbonyl (C=O) groups excluding carboxylic acids is 1. The third-order valence-electron chi connectivity index (χ3n) is 2.30. The van der Waals surface area contributed by atoms with Crippen LogP contribution < -0.4 is 10.5 Å². The summed E-state index contributed by atoms with van der Waals surface area (Å²) in [5.74, 6) is -1.84. The Hall–Kier alpha value is -1.52. The van der Waals surface area contributed by atoms with E-state index in [1.165, 1.54) is 12.3 Å². The van der Waals surface area contributed by atoms with E-state index in [0.717, 1.165) is 6.07 Å². The standard InChI is InChI=1S/C10H15N3O5S2/c1-2-12-10(14)9-7-8(3-4-13-9)19(15,16)5-6-20(11,17)18/h3-4,7H,2,5-6H2,1H3,(H,12,14)(H2,11,17,18). The number of nitrogens with two attached hydrogens (primary N) is 1. The minimum Gasteiger partial charge on any atom is -0.351 e. The SMILES string of the molecule is CCNC(=O)c1cc(S(=O)(=O)CCS(N)(=O)=O)ccn1. The summed E-state index contributed by atoms with van der Waals surface area (Å²) in [6.07, 6.45) is 1.18. The third-order valence-corrected chi connectivity index (χ3v) is 5.04. The summed E-state index contributed by atoms with van der Waals surface area (Å²) in [5, 5.41) is 7.25. The minimum atomic E-state index is -3.87. The van der Waals surface area contributed by atoms with Crippen LogP contribution in [-0.2, 0) is 19.9 Å². The molecule has 0 saturated heterocycles. The van der Waals surface area contributed by atoms with Crippen LogP contribution in [0.3, 0.4) is 0 Å². The molecule has 8 nitrogen and oxygen atoms in total. The van der Waals surface area contributed by atoms with Gasteiger partial charge < -0.3 is 5.32 Å². The highest BCUT2D eigenvalue weighted by Gasteiger charge is 2.19. The van der Waals surface area contributed by atoms with Crippen molar-refractivity contribution in [2.45, 2.75) is 11.8 Å². The van der Waals surface area contributed by atoms with Gasteiger partial charge in [0.05, 0.1) is 16.4 Å². The lowest BCUT2D eigenvalue weighted by molar-refractivity contribution is 0.0950. The predicted octanol–water partition coefficient (Wildman–Crippen LogP) is -1.11. The summed E-state index contributed by atoms with van der Waals surface area (Å²) < 4.78 is 45.5. The molecule has 0 unspecified atom stereocenters. The van der Waals surface area contributed by atoms with E-state index >= 15 is 0 Å². The Balaban J connectivity index is 3.02. The van der Waals surface area contributed by atoms with Crippen molar-refractivity contribution >= 4 is 25.8 Å². The van der Waals surface area contributed by atoms with Crippen molar-refractivity contribution in [1.29, 1.82) is 0 Å². The second kappa shape index (κ2) is 6.29. The molecule has 0 spiro atoms. The van der Waals surface area contributed by atoms with Gasteiger partial charge in [0, 0.05) is 12.7 Å². The van der Waals surface area contributed by atoms with Crippen molar-refractivity contribution < 1.29 is 21.6 Å². The van der Waals surface area contributed by atoms with E-state index in [0.29, 0.717) is 6.54 Å². The van der Waals surface area contributed by atoms with E-state index in [9.17, 15) is 21.6 Å². The van der Waals surface area contributed by atoms with Crippen LogP contribution in [0, 0.1) is 0 Å². The molecule has 1 aromatic heterocycles. The topological polar surface area (TPSA) is 136 Å². The number of sulfone groups is 1. The van der Waals surface area contributed by atoms with E-state index in [1.54, 1.807) is 6.92 Å². The monoisotopic (exact) mass is 321 g/mol. The van der Waals surface area contributed by atoms with Crippen molar-refractivity contribution in [1.82, 2.24) is 10.3 Å². The highest BCUT2D eigenvalue weighted by atomic mass is 32.2. The highest BCUT2D eigenvalue weighted by Crippen LogP contribution is 2.12. The van der Waals surface area contributed by atoms with Gasteiger partial charge in [-0.1, -0.05) is 0 Å². The molecule has 112 valence electrons. The molecule has 0 atom stereocenters. The zero-order valence-electron chi connectivity index (χ0n) is 10.7. The van der Waals surface area contributed by atoms with Crippen molar-refractivity contribution in [2.75, 3.05) is 18.1 Å². The highest BCUT2D eigenvalue weighted by molar-refractivity contribution is 7.94. The van der Waals surface area contributed by atoms with Gasteiger partial charge in [-0.2, -0.15) is 0 Å². The Labute approximate surface area is 117 Å². The van der Waals surface area contributed by atoms with Crippen molar-refractivity contribution in [2.24, 2.45) is 5.14 Å². The molecule has 0 fully saturated rings. The van der Waals surface area contributed by atoms with Gasteiger partial charge >= 0.3 is 0 Å². The Kier molecular flexibility index (Phi) is 5.20. The summed E-state index contributed by atoms with van der Waals surface area (Å²) in [7, 11) is -7.72. The molecule has 1 rings (SSSR count). The average molecular weight is 321 g/mol. The largest absolute Gasteiger partial charge is 0.351 e. The van der Waals surface area contributed by atoms with E-state index in [1.807, 2.05) is 0 Å². The number of sulfonamides is 1. The second-order valence-corrected chi connectivity index (χ2v) is 7.77. The smallest absolute Gasteiger partial charge is 0.269 e. The van der Waals surface area contributed by atoms with E-state index in [4.69, 9.17) is 5.14 Å². The fraction of sp³-hybridized carbons (Fsp3) is 0.400. The third kappa shape index (κ3) is 4.87. The molecule has 1 amide bonds. The van der Waals surface area contributed by atoms with Crippen LogP contribution in [0.5, 0.6) is 0 Å². The van der Waals surface area contributed by atoms with Gasteiger partial charge in [0.15, 0.2) is 9.84 Å². The van der Waals surface area contributed by atoms with Crippen LogP contribution in [-0.4, -0.2) is 45.8 Å². The van der Waals surface area contributed by atoms with E-state index < -0.39 is 37.3 Å². The molecule has 0 bridgehead atoms. The molecule has 0 aliphatic carbocycles. The molecule has 1 heterocycles. The lowest BCUT2D eigenvalue weighted by Crippen LogP contribution is -2.25. The van der Waals surface area contributed by atoms with Crippen LogP contribution in [0.25, 0.3) is 0 Å². The van der Waals surface area contributed by atoms with Gasteiger partial charge in [0.2, 0.25) is 10.0 Å². The van der Waals surface area contributed by atoms with Crippen molar-refractivity contribution in [3.8, 4) is 0 Å². The van der Waals surface area contributed by atoms with Crippen LogP contribution in [0.2, 0.25) is 0 Å². The zero-order valence-corrected chi connectivity index (χ0v) is 12.4. The lowest BCUT2D eigenvalue weighted by Gasteiger charge is -2.06. The normalized spacial score (nSPS) is 12.1. The number of nitrogens with one attached hydrogen (secondary N) is 1. The maximum Gasteiger partial charge on any atom is 0.269 e. The van der Waals surface area contributed by atoms with Gasteiger partial charge in [-0.3, -0.25) is 9.78 Å². The first-order valence-electron chi connectivity index (χ1n) is 5.63. The molecule has 0 radical (unpaired) electrons. The van der Waals surface area contributed by atoms with Gasteiger partial charge in [-0.25, -0.2) is 22.0 Å². The maximum atomic E-state index is 11.9. The van der Waals surface area contributed by atoms with Crippen LogP contribution >= 0.6 is 0 Å².